The molecule has 1 nitrogen and oxygen atoms in total. The van der Waals surface area contributed by atoms with Crippen molar-refractivity contribution in [3.8, 4) is 0 Å². The van der Waals surface area contributed by atoms with Gasteiger partial charge in [-0.1, -0.05) is 48.0 Å². The standard InChI is InChI=1S/C7H17N.C3H8/c1-5-6(8)7(2,3)4;1-3-2/h6H,5,8H2,1-4H3;3H2,1-2H3. The van der Waals surface area contributed by atoms with E-state index >= 15 is 0 Å². The van der Waals surface area contributed by atoms with Crippen LogP contribution in [0, 0.1) is 5.41 Å². The maximum Gasteiger partial charge on any atom is 0.00850 e. The summed E-state index contributed by atoms with van der Waals surface area (Å²) < 4.78 is 0. The van der Waals surface area contributed by atoms with Gasteiger partial charge in [0.2, 0.25) is 0 Å². The molecule has 2 N–H and O–H groups in total. The predicted octanol–water partition coefficient (Wildman–Crippen LogP) is 3.19. The Morgan fingerprint density at radius 1 is 1.09 bits per heavy atom. The summed E-state index contributed by atoms with van der Waals surface area (Å²) >= 11 is 0. The maximum atomic E-state index is 5.75. The minimum absolute atomic E-state index is 0.286. The average molecular weight is 159 g/mol. The van der Waals surface area contributed by atoms with Crippen LogP contribution in [0.3, 0.4) is 0 Å². The molecule has 0 aromatic rings. The molecule has 0 rings (SSSR count). The van der Waals surface area contributed by atoms with Crippen LogP contribution < -0.4 is 5.73 Å². The Morgan fingerprint density at radius 2 is 1.36 bits per heavy atom. The van der Waals surface area contributed by atoms with E-state index in [9.17, 15) is 0 Å². The molecule has 0 saturated carbocycles. The molecule has 0 fully saturated rings. The molecule has 1 atom stereocenters. The molecule has 0 aromatic carbocycles. The van der Waals surface area contributed by atoms with Crippen molar-refractivity contribution in [2.45, 2.75) is 60.4 Å². The summed E-state index contributed by atoms with van der Waals surface area (Å²) in [6.07, 6.45) is 2.32. The first kappa shape index (κ1) is 13.5. The van der Waals surface area contributed by atoms with E-state index in [0.717, 1.165) is 6.42 Å². The molecule has 0 aliphatic rings. The van der Waals surface area contributed by atoms with E-state index in [-0.39, 0.29) is 5.41 Å². The van der Waals surface area contributed by atoms with E-state index in [2.05, 4.69) is 41.5 Å². The first-order chi connectivity index (χ1) is 4.90. The molecule has 1 heteroatoms. The Labute approximate surface area is 72.4 Å². The maximum absolute atomic E-state index is 5.75. The van der Waals surface area contributed by atoms with Crippen LogP contribution >= 0.6 is 0 Å². The summed E-state index contributed by atoms with van der Waals surface area (Å²) in [6, 6.07) is 0.350. The van der Waals surface area contributed by atoms with Crippen molar-refractivity contribution in [2.75, 3.05) is 0 Å². The largest absolute Gasteiger partial charge is 0.327 e. The number of hydrogen-bond donors (Lipinski definition) is 1. The Hall–Kier alpha value is -0.0400. The van der Waals surface area contributed by atoms with Crippen LogP contribution in [-0.2, 0) is 0 Å². The summed E-state index contributed by atoms with van der Waals surface area (Å²) in [5, 5.41) is 0. The molecule has 0 spiro atoms. The van der Waals surface area contributed by atoms with Crippen molar-refractivity contribution >= 4 is 0 Å². The summed E-state index contributed by atoms with van der Waals surface area (Å²) in [5.74, 6) is 0. The lowest BCUT2D eigenvalue weighted by Crippen LogP contribution is -2.33. The Bertz CT molecular complexity index is 71.4. The molecule has 0 bridgehead atoms. The Balaban J connectivity index is 0. The average Bonchev–Trinajstić information content (AvgIpc) is 1.86. The van der Waals surface area contributed by atoms with Crippen molar-refractivity contribution in [3.05, 3.63) is 0 Å². The second kappa shape index (κ2) is 6.66. The van der Waals surface area contributed by atoms with Crippen LogP contribution in [-0.4, -0.2) is 6.04 Å². The third-order valence-corrected chi connectivity index (χ3v) is 1.55. The van der Waals surface area contributed by atoms with Gasteiger partial charge in [0.05, 0.1) is 0 Å². The van der Waals surface area contributed by atoms with Crippen molar-refractivity contribution in [3.63, 3.8) is 0 Å². The Morgan fingerprint density at radius 3 is 1.36 bits per heavy atom. The highest BCUT2D eigenvalue weighted by atomic mass is 14.7. The van der Waals surface area contributed by atoms with Crippen LogP contribution in [0.25, 0.3) is 0 Å². The SMILES string of the molecule is CCC.CCC(N)C(C)(C)C. The minimum Gasteiger partial charge on any atom is -0.327 e. The van der Waals surface area contributed by atoms with Crippen LogP contribution in [0.2, 0.25) is 0 Å². The molecule has 0 radical (unpaired) electrons. The van der Waals surface area contributed by atoms with E-state index < -0.39 is 0 Å². The summed E-state index contributed by atoms with van der Waals surface area (Å²) in [7, 11) is 0. The van der Waals surface area contributed by atoms with Crippen LogP contribution in [0.5, 0.6) is 0 Å². The van der Waals surface area contributed by atoms with E-state index in [1.807, 2.05) is 0 Å². The van der Waals surface area contributed by atoms with Gasteiger partial charge < -0.3 is 5.73 Å². The van der Waals surface area contributed by atoms with Gasteiger partial charge in [-0.05, 0) is 11.8 Å². The topological polar surface area (TPSA) is 26.0 Å². The van der Waals surface area contributed by atoms with E-state index in [1.165, 1.54) is 6.42 Å². The lowest BCUT2D eigenvalue weighted by Gasteiger charge is -2.25. The van der Waals surface area contributed by atoms with Crippen molar-refractivity contribution in [1.29, 1.82) is 0 Å². The normalized spacial score (nSPS) is 13.4. The van der Waals surface area contributed by atoms with Crippen molar-refractivity contribution in [2.24, 2.45) is 11.1 Å². The van der Waals surface area contributed by atoms with Gasteiger partial charge in [0.15, 0.2) is 0 Å². The lowest BCUT2D eigenvalue weighted by molar-refractivity contribution is 0.313. The van der Waals surface area contributed by atoms with Gasteiger partial charge in [0.25, 0.3) is 0 Å². The molecular formula is C10H25N. The molecule has 0 aromatic heterocycles. The highest BCUT2D eigenvalue weighted by molar-refractivity contribution is 4.74. The fourth-order valence-electron chi connectivity index (χ4n) is 0.612. The van der Waals surface area contributed by atoms with E-state index in [4.69, 9.17) is 5.73 Å². The van der Waals surface area contributed by atoms with Crippen LogP contribution in [0.1, 0.15) is 54.4 Å². The predicted molar refractivity (Wildman–Crippen MR) is 53.7 cm³/mol. The number of hydrogen-bond acceptors (Lipinski definition) is 1. The van der Waals surface area contributed by atoms with Crippen LogP contribution in [0.4, 0.5) is 0 Å². The molecule has 11 heavy (non-hydrogen) atoms. The number of rotatable bonds is 1. The second-order valence-electron chi connectivity index (χ2n) is 4.09. The molecule has 0 amide bonds. The highest BCUT2D eigenvalue weighted by Gasteiger charge is 2.17. The molecule has 70 valence electrons. The van der Waals surface area contributed by atoms with Gasteiger partial charge in [-0.25, -0.2) is 0 Å². The lowest BCUT2D eigenvalue weighted by atomic mass is 9.86. The van der Waals surface area contributed by atoms with Gasteiger partial charge in [0.1, 0.15) is 0 Å². The molecule has 0 aliphatic heterocycles. The van der Waals surface area contributed by atoms with E-state index in [0.29, 0.717) is 6.04 Å². The summed E-state index contributed by atoms with van der Waals surface area (Å²) in [6.45, 7) is 12.9. The molecular weight excluding hydrogens is 134 g/mol. The van der Waals surface area contributed by atoms with E-state index in [1.54, 1.807) is 0 Å². The van der Waals surface area contributed by atoms with Gasteiger partial charge in [-0.2, -0.15) is 0 Å². The third kappa shape index (κ3) is 9.96. The molecule has 0 saturated heterocycles. The zero-order valence-electron chi connectivity index (χ0n) is 9.07. The monoisotopic (exact) mass is 159 g/mol. The summed E-state index contributed by atoms with van der Waals surface area (Å²) in [4.78, 5) is 0. The zero-order valence-corrected chi connectivity index (χ0v) is 9.07. The zero-order chi connectivity index (χ0) is 9.49. The quantitative estimate of drug-likeness (QED) is 0.625. The third-order valence-electron chi connectivity index (χ3n) is 1.55. The van der Waals surface area contributed by atoms with Gasteiger partial charge in [0, 0.05) is 6.04 Å². The number of nitrogens with two attached hydrogens (primary N) is 1. The summed E-state index contributed by atoms with van der Waals surface area (Å²) in [5.41, 5.74) is 6.04. The van der Waals surface area contributed by atoms with Crippen molar-refractivity contribution in [1.82, 2.24) is 0 Å². The fraction of sp³-hybridized carbons (Fsp3) is 1.00. The minimum atomic E-state index is 0.286. The molecule has 0 aliphatic carbocycles. The second-order valence-corrected chi connectivity index (χ2v) is 4.09. The first-order valence-corrected chi connectivity index (χ1v) is 4.65. The smallest absolute Gasteiger partial charge is 0.00850 e. The van der Waals surface area contributed by atoms with Gasteiger partial charge in [-0.3, -0.25) is 0 Å². The Kier molecular flexibility index (Phi) is 8.20. The fourth-order valence-corrected chi connectivity index (χ4v) is 0.612. The molecule has 0 heterocycles. The highest BCUT2D eigenvalue weighted by Crippen LogP contribution is 2.18. The first-order valence-electron chi connectivity index (χ1n) is 4.65. The molecule has 1 unspecified atom stereocenters. The van der Waals surface area contributed by atoms with Gasteiger partial charge in [-0.15, -0.1) is 0 Å². The van der Waals surface area contributed by atoms with Crippen molar-refractivity contribution < 1.29 is 0 Å². The van der Waals surface area contributed by atoms with Gasteiger partial charge >= 0.3 is 0 Å². The van der Waals surface area contributed by atoms with Crippen LogP contribution in [0.15, 0.2) is 0 Å².